The molecule has 4 nitrogen and oxygen atoms in total. The van der Waals surface area contributed by atoms with Crippen LogP contribution in [-0.2, 0) is 4.79 Å². The molecule has 7 heteroatoms. The number of likely N-dealkylation sites (tertiary alicyclic amines) is 1. The van der Waals surface area contributed by atoms with E-state index in [1.807, 2.05) is 13.2 Å². The number of carbonyl (C=O) groups is 1. The summed E-state index contributed by atoms with van der Waals surface area (Å²) in [5.74, 6) is -0.228. The van der Waals surface area contributed by atoms with Crippen molar-refractivity contribution in [3.05, 3.63) is 48.1 Å². The van der Waals surface area contributed by atoms with Gasteiger partial charge in [0.15, 0.2) is 0 Å². The highest BCUT2D eigenvalue weighted by molar-refractivity contribution is 8.00. The first-order valence-electron chi connectivity index (χ1n) is 8.23. The Labute approximate surface area is 150 Å². The molecule has 2 aromatic rings. The van der Waals surface area contributed by atoms with Crippen molar-refractivity contribution in [1.29, 1.82) is 0 Å². The number of aromatic nitrogens is 2. The predicted molar refractivity (Wildman–Crippen MR) is 95.0 cm³/mol. The number of benzene rings is 1. The Balaban J connectivity index is 1.92. The Morgan fingerprint density at radius 1 is 1.40 bits per heavy atom. The van der Waals surface area contributed by atoms with Crippen LogP contribution in [0.2, 0.25) is 0 Å². The van der Waals surface area contributed by atoms with Crippen molar-refractivity contribution in [1.82, 2.24) is 14.5 Å². The second kappa shape index (κ2) is 7.25. The summed E-state index contributed by atoms with van der Waals surface area (Å²) in [5.41, 5.74) is 0.160. The highest BCUT2D eigenvalue weighted by atomic mass is 32.2. The summed E-state index contributed by atoms with van der Waals surface area (Å²) in [4.78, 5) is 17.5. The van der Waals surface area contributed by atoms with Gasteiger partial charge in [-0.3, -0.25) is 4.90 Å². The van der Waals surface area contributed by atoms with E-state index < -0.39 is 16.5 Å². The lowest BCUT2D eigenvalue weighted by molar-refractivity contribution is -0.113. The molecule has 1 aromatic carbocycles. The molecule has 0 bridgehead atoms. The van der Waals surface area contributed by atoms with E-state index in [1.165, 1.54) is 17.8 Å². The molecule has 0 saturated carbocycles. The first-order valence-corrected chi connectivity index (χ1v) is 9.46. The third kappa shape index (κ3) is 3.48. The maximum absolute atomic E-state index is 14.2. The van der Waals surface area contributed by atoms with E-state index in [0.29, 0.717) is 12.4 Å². The van der Waals surface area contributed by atoms with Crippen molar-refractivity contribution < 1.29 is 13.6 Å². The van der Waals surface area contributed by atoms with Crippen molar-refractivity contribution in [2.75, 3.05) is 19.3 Å². The van der Waals surface area contributed by atoms with Crippen LogP contribution in [0.4, 0.5) is 8.78 Å². The monoisotopic (exact) mass is 365 g/mol. The van der Waals surface area contributed by atoms with Gasteiger partial charge < -0.3 is 9.36 Å². The Morgan fingerprint density at radius 2 is 2.20 bits per heavy atom. The first kappa shape index (κ1) is 18.1. The summed E-state index contributed by atoms with van der Waals surface area (Å²) in [6.07, 6.45) is 7.96. The van der Waals surface area contributed by atoms with Gasteiger partial charge in [0.2, 0.25) is 0 Å². The number of hydrogen-bond acceptors (Lipinski definition) is 4. The molecule has 1 aromatic heterocycles. The van der Waals surface area contributed by atoms with Crippen molar-refractivity contribution >= 4 is 18.0 Å². The zero-order valence-corrected chi connectivity index (χ0v) is 15.1. The van der Waals surface area contributed by atoms with Crippen LogP contribution in [0.1, 0.15) is 31.5 Å². The summed E-state index contributed by atoms with van der Waals surface area (Å²) < 4.78 is 29.4. The Hall–Kier alpha value is -1.73. The zero-order valence-electron chi connectivity index (χ0n) is 14.3. The molecule has 1 aliphatic rings. The molecule has 25 heavy (non-hydrogen) atoms. The molecule has 2 heterocycles. The Morgan fingerprint density at radius 3 is 2.92 bits per heavy atom. The molecular formula is C18H21F2N3OS. The second-order valence-corrected chi connectivity index (χ2v) is 7.65. The van der Waals surface area contributed by atoms with Crippen LogP contribution in [0.15, 0.2) is 30.6 Å². The van der Waals surface area contributed by atoms with Gasteiger partial charge in [-0.25, -0.2) is 13.8 Å². The van der Waals surface area contributed by atoms with Gasteiger partial charge in [-0.05, 0) is 44.7 Å². The minimum Gasteiger partial charge on any atom is -0.300 e. The zero-order chi connectivity index (χ0) is 18.0. The highest BCUT2D eigenvalue weighted by Crippen LogP contribution is 2.34. The third-order valence-electron chi connectivity index (χ3n) is 4.88. The smallest absolute Gasteiger partial charge is 0.150 e. The van der Waals surface area contributed by atoms with Gasteiger partial charge >= 0.3 is 0 Å². The van der Waals surface area contributed by atoms with Crippen LogP contribution in [0.3, 0.4) is 0 Å². The number of carbonyl (C=O) groups excluding carboxylic acids is 1. The van der Waals surface area contributed by atoms with E-state index in [4.69, 9.17) is 0 Å². The number of piperidine rings is 1. The second-order valence-electron chi connectivity index (χ2n) is 6.41. The van der Waals surface area contributed by atoms with Gasteiger partial charge in [-0.2, -0.15) is 0 Å². The molecular weight excluding hydrogens is 344 g/mol. The molecule has 2 atom stereocenters. The largest absolute Gasteiger partial charge is 0.300 e. The summed E-state index contributed by atoms with van der Waals surface area (Å²) >= 11 is 1.50. The van der Waals surface area contributed by atoms with Crippen molar-refractivity contribution in [3.8, 4) is 5.69 Å². The minimum absolute atomic E-state index is 0.0536. The maximum Gasteiger partial charge on any atom is 0.150 e. The molecule has 3 rings (SSSR count). The van der Waals surface area contributed by atoms with Gasteiger partial charge in [0.1, 0.15) is 28.6 Å². The van der Waals surface area contributed by atoms with Crippen LogP contribution >= 0.6 is 11.8 Å². The fourth-order valence-corrected chi connectivity index (χ4v) is 3.85. The topological polar surface area (TPSA) is 38.1 Å². The van der Waals surface area contributed by atoms with Gasteiger partial charge in [0.05, 0.1) is 5.69 Å². The normalized spacial score (nSPS) is 21.0. The number of imidazole rings is 1. The molecule has 0 spiro atoms. The number of halogens is 2. The maximum atomic E-state index is 14.2. The molecule has 1 fully saturated rings. The molecule has 1 aliphatic heterocycles. The van der Waals surface area contributed by atoms with Crippen LogP contribution in [-0.4, -0.2) is 45.0 Å². The van der Waals surface area contributed by atoms with E-state index in [-0.39, 0.29) is 11.6 Å². The SMILES string of the molecule is CSC(C)(C=O)N1CCCC(c2nccn2-c2cc(F)ccc2F)C1. The van der Waals surface area contributed by atoms with E-state index in [2.05, 4.69) is 9.88 Å². The fraction of sp³-hybridized carbons (Fsp3) is 0.444. The average molecular weight is 365 g/mol. The number of nitrogens with zero attached hydrogens (tertiary/aromatic N) is 3. The lowest BCUT2D eigenvalue weighted by Gasteiger charge is -2.41. The standard InChI is InChI=1S/C18H21F2N3OS/c1-18(12-24,25-2)22-8-3-4-13(11-22)17-21-7-9-23(17)16-10-14(19)5-6-15(16)20/h5-7,9-10,12-13H,3-4,8,11H2,1-2H3. The minimum atomic E-state index is -0.583. The van der Waals surface area contributed by atoms with Crippen LogP contribution in [0, 0.1) is 11.6 Å². The van der Waals surface area contributed by atoms with E-state index in [1.54, 1.807) is 17.0 Å². The lowest BCUT2D eigenvalue weighted by Crippen LogP contribution is -2.49. The molecule has 0 amide bonds. The van der Waals surface area contributed by atoms with Crippen LogP contribution < -0.4 is 0 Å². The fourth-order valence-electron chi connectivity index (χ4n) is 3.33. The van der Waals surface area contributed by atoms with E-state index >= 15 is 0 Å². The molecule has 0 aliphatic carbocycles. The van der Waals surface area contributed by atoms with Gasteiger partial charge in [-0.1, -0.05) is 0 Å². The van der Waals surface area contributed by atoms with Crippen molar-refractivity contribution in [3.63, 3.8) is 0 Å². The summed E-state index contributed by atoms with van der Waals surface area (Å²) in [5, 5.41) is 0. The van der Waals surface area contributed by atoms with E-state index in [9.17, 15) is 13.6 Å². The molecule has 1 saturated heterocycles. The average Bonchev–Trinajstić information content (AvgIpc) is 3.12. The number of rotatable bonds is 5. The lowest BCUT2D eigenvalue weighted by atomic mass is 9.96. The van der Waals surface area contributed by atoms with Gasteiger partial charge in [0, 0.05) is 30.9 Å². The van der Waals surface area contributed by atoms with Crippen molar-refractivity contribution in [2.24, 2.45) is 0 Å². The Bertz CT molecular complexity index is 767. The molecule has 134 valence electrons. The van der Waals surface area contributed by atoms with Crippen LogP contribution in [0.25, 0.3) is 5.69 Å². The molecule has 2 unspecified atom stereocenters. The van der Waals surface area contributed by atoms with Gasteiger partial charge in [-0.15, -0.1) is 11.8 Å². The van der Waals surface area contributed by atoms with Crippen molar-refractivity contribution in [2.45, 2.75) is 30.6 Å². The predicted octanol–water partition coefficient (Wildman–Crippen LogP) is 3.61. The Kier molecular flexibility index (Phi) is 5.24. The number of aldehydes is 1. The quantitative estimate of drug-likeness (QED) is 0.759. The molecule has 0 N–H and O–H groups in total. The van der Waals surface area contributed by atoms with E-state index in [0.717, 1.165) is 37.8 Å². The molecule has 0 radical (unpaired) electrons. The van der Waals surface area contributed by atoms with Gasteiger partial charge in [0.25, 0.3) is 0 Å². The first-order chi connectivity index (χ1) is 12.0. The summed E-state index contributed by atoms with van der Waals surface area (Å²) in [7, 11) is 0. The summed E-state index contributed by atoms with van der Waals surface area (Å²) in [6.45, 7) is 3.40. The number of hydrogen-bond donors (Lipinski definition) is 0. The van der Waals surface area contributed by atoms with Crippen LogP contribution in [0.5, 0.6) is 0 Å². The summed E-state index contributed by atoms with van der Waals surface area (Å²) in [6, 6.07) is 3.41. The third-order valence-corrected chi connectivity index (χ3v) is 6.06. The highest BCUT2D eigenvalue weighted by Gasteiger charge is 2.36. The number of thioether (sulfide) groups is 1.